The Morgan fingerprint density at radius 1 is 1.03 bits per heavy atom. The number of fused-ring (bicyclic) bond motifs is 4. The molecule has 3 heterocycles. The topological polar surface area (TPSA) is 49.0 Å². The third-order valence-electron chi connectivity index (χ3n) is 6.50. The molecule has 160 valence electrons. The number of nitriles is 1. The fraction of sp³-hybridized carbons (Fsp3) is 0.259. The van der Waals surface area contributed by atoms with Crippen LogP contribution in [0.4, 0.5) is 0 Å². The summed E-state index contributed by atoms with van der Waals surface area (Å²) in [6, 6.07) is 21.8. The molecule has 5 heteroatoms. The number of halogens is 1. The van der Waals surface area contributed by atoms with E-state index >= 15 is 0 Å². The quantitative estimate of drug-likeness (QED) is 0.561. The van der Waals surface area contributed by atoms with Gasteiger partial charge in [0.1, 0.15) is 0 Å². The molecule has 2 aliphatic heterocycles. The number of benzene rings is 2. The third kappa shape index (κ3) is 4.27. The van der Waals surface area contributed by atoms with Gasteiger partial charge in [-0.05, 0) is 65.9 Å². The maximum Gasteiger partial charge on any atom is 0.258 e. The molecule has 0 aliphatic carbocycles. The largest absolute Gasteiger partial charge is 0.311 e. The van der Waals surface area contributed by atoms with Crippen LogP contribution < -0.4 is 5.56 Å². The zero-order valence-electron chi connectivity index (χ0n) is 17.7. The second-order valence-electron chi connectivity index (χ2n) is 8.82. The molecule has 2 bridgehead atoms. The van der Waals surface area contributed by atoms with Crippen molar-refractivity contribution < 1.29 is 0 Å². The average molecular weight is 442 g/mol. The van der Waals surface area contributed by atoms with Crippen molar-refractivity contribution in [2.75, 3.05) is 13.1 Å². The summed E-state index contributed by atoms with van der Waals surface area (Å²) in [6.45, 7) is 3.52. The lowest BCUT2D eigenvalue weighted by molar-refractivity contribution is 0.114. The number of likely N-dealkylation sites (tertiary alicyclic amines) is 1. The van der Waals surface area contributed by atoms with Crippen LogP contribution in [-0.4, -0.2) is 22.6 Å². The van der Waals surface area contributed by atoms with Gasteiger partial charge in [-0.15, -0.1) is 0 Å². The Labute approximate surface area is 193 Å². The molecule has 4 nitrogen and oxygen atoms in total. The van der Waals surface area contributed by atoms with E-state index in [1.54, 1.807) is 0 Å². The fourth-order valence-electron chi connectivity index (χ4n) is 5.08. The lowest BCUT2D eigenvalue weighted by Crippen LogP contribution is -2.47. The highest BCUT2D eigenvalue weighted by molar-refractivity contribution is 6.30. The van der Waals surface area contributed by atoms with Crippen molar-refractivity contribution >= 4 is 23.8 Å². The first kappa shape index (κ1) is 20.8. The van der Waals surface area contributed by atoms with Gasteiger partial charge < -0.3 is 4.57 Å². The van der Waals surface area contributed by atoms with Gasteiger partial charge in [-0.3, -0.25) is 9.69 Å². The lowest BCUT2D eigenvalue weighted by Gasteiger charge is -2.43. The molecule has 0 saturated carbocycles. The Kier molecular flexibility index (Phi) is 5.70. The Hall–Kier alpha value is -3.13. The van der Waals surface area contributed by atoms with E-state index in [9.17, 15) is 4.79 Å². The standard InChI is InChI=1S/C27H24ClN3O/c28-25-9-5-19(6-10-25)4-7-23-8-11-26-24-13-22(17-31(26)27(23)32)16-30(18-24)15-21-3-1-2-20(12-21)14-29/h1-12,22,24H,13,15-18H2. The summed E-state index contributed by atoms with van der Waals surface area (Å²) < 4.78 is 1.99. The van der Waals surface area contributed by atoms with Crippen LogP contribution in [0, 0.1) is 17.2 Å². The first-order chi connectivity index (χ1) is 15.6. The molecular weight excluding hydrogens is 418 g/mol. The maximum atomic E-state index is 13.2. The Morgan fingerprint density at radius 3 is 2.69 bits per heavy atom. The first-order valence-corrected chi connectivity index (χ1v) is 11.4. The van der Waals surface area contributed by atoms with E-state index in [1.807, 2.05) is 65.3 Å². The zero-order chi connectivity index (χ0) is 22.1. The van der Waals surface area contributed by atoms with E-state index in [-0.39, 0.29) is 5.56 Å². The normalized spacial score (nSPS) is 20.1. The van der Waals surface area contributed by atoms with Gasteiger partial charge in [-0.25, -0.2) is 0 Å². The summed E-state index contributed by atoms with van der Waals surface area (Å²) in [6.07, 6.45) is 4.99. The fourth-order valence-corrected chi connectivity index (χ4v) is 5.20. The highest BCUT2D eigenvalue weighted by atomic mass is 35.5. The van der Waals surface area contributed by atoms with Crippen LogP contribution in [0.3, 0.4) is 0 Å². The van der Waals surface area contributed by atoms with Gasteiger partial charge in [0, 0.05) is 48.4 Å². The third-order valence-corrected chi connectivity index (χ3v) is 6.75. The van der Waals surface area contributed by atoms with Gasteiger partial charge in [0.25, 0.3) is 5.56 Å². The predicted molar refractivity (Wildman–Crippen MR) is 128 cm³/mol. The molecule has 0 spiro atoms. The van der Waals surface area contributed by atoms with Crippen molar-refractivity contribution in [1.82, 2.24) is 9.47 Å². The van der Waals surface area contributed by atoms with Gasteiger partial charge in [0.15, 0.2) is 0 Å². The molecule has 5 rings (SSSR count). The second kappa shape index (κ2) is 8.78. The van der Waals surface area contributed by atoms with Crippen LogP contribution >= 0.6 is 11.6 Å². The molecule has 2 aliphatic rings. The van der Waals surface area contributed by atoms with Crippen molar-refractivity contribution in [2.24, 2.45) is 5.92 Å². The van der Waals surface area contributed by atoms with Crippen molar-refractivity contribution in [1.29, 1.82) is 5.26 Å². The smallest absolute Gasteiger partial charge is 0.258 e. The van der Waals surface area contributed by atoms with Crippen LogP contribution in [0.25, 0.3) is 12.2 Å². The predicted octanol–water partition coefficient (Wildman–Crippen LogP) is 5.16. The number of aromatic nitrogens is 1. The van der Waals surface area contributed by atoms with E-state index in [2.05, 4.69) is 23.1 Å². The summed E-state index contributed by atoms with van der Waals surface area (Å²) in [5.74, 6) is 0.831. The maximum absolute atomic E-state index is 13.2. The minimum Gasteiger partial charge on any atom is -0.311 e. The van der Waals surface area contributed by atoms with Gasteiger partial charge in [-0.1, -0.05) is 41.9 Å². The van der Waals surface area contributed by atoms with E-state index < -0.39 is 0 Å². The number of piperidine rings is 1. The molecule has 0 radical (unpaired) electrons. The molecule has 1 fully saturated rings. The molecule has 2 atom stereocenters. The second-order valence-corrected chi connectivity index (χ2v) is 9.26. The van der Waals surface area contributed by atoms with Crippen LogP contribution in [0.15, 0.2) is 65.5 Å². The SMILES string of the molecule is N#Cc1cccc(CN2CC3CC(C2)c2ccc(C=Cc4ccc(Cl)cc4)c(=O)n2C3)c1. The molecule has 3 aromatic rings. The number of pyridine rings is 1. The minimum atomic E-state index is 0.0950. The molecule has 0 N–H and O–H groups in total. The molecule has 1 saturated heterocycles. The number of hydrogen-bond acceptors (Lipinski definition) is 3. The van der Waals surface area contributed by atoms with E-state index in [4.69, 9.17) is 16.9 Å². The average Bonchev–Trinajstić information content (AvgIpc) is 2.80. The van der Waals surface area contributed by atoms with Crippen molar-refractivity contribution in [3.63, 3.8) is 0 Å². The summed E-state index contributed by atoms with van der Waals surface area (Å²) in [7, 11) is 0. The van der Waals surface area contributed by atoms with Gasteiger partial charge in [0.05, 0.1) is 11.6 Å². The molecule has 0 amide bonds. The molecule has 32 heavy (non-hydrogen) atoms. The van der Waals surface area contributed by atoms with Crippen LogP contribution in [-0.2, 0) is 13.1 Å². The monoisotopic (exact) mass is 441 g/mol. The van der Waals surface area contributed by atoms with Crippen LogP contribution in [0.1, 0.15) is 40.3 Å². The first-order valence-electron chi connectivity index (χ1n) is 11.0. The number of rotatable bonds is 4. The molecule has 1 aromatic heterocycles. The van der Waals surface area contributed by atoms with Gasteiger partial charge in [-0.2, -0.15) is 5.26 Å². The minimum absolute atomic E-state index is 0.0950. The van der Waals surface area contributed by atoms with Gasteiger partial charge >= 0.3 is 0 Å². The summed E-state index contributed by atoms with van der Waals surface area (Å²) in [5.41, 5.74) is 4.85. The van der Waals surface area contributed by atoms with E-state index in [0.717, 1.165) is 43.9 Å². The summed E-state index contributed by atoms with van der Waals surface area (Å²) in [4.78, 5) is 15.7. The van der Waals surface area contributed by atoms with Gasteiger partial charge in [0.2, 0.25) is 0 Å². The highest BCUT2D eigenvalue weighted by Crippen LogP contribution is 2.35. The van der Waals surface area contributed by atoms with Crippen LogP contribution in [0.2, 0.25) is 5.02 Å². The van der Waals surface area contributed by atoms with Crippen molar-refractivity contribution in [2.45, 2.75) is 25.4 Å². The Bertz CT molecular complexity index is 1270. The van der Waals surface area contributed by atoms with Crippen LogP contribution in [0.5, 0.6) is 0 Å². The summed E-state index contributed by atoms with van der Waals surface area (Å²) in [5, 5.41) is 9.87. The van der Waals surface area contributed by atoms with E-state index in [0.29, 0.717) is 28.0 Å². The zero-order valence-corrected chi connectivity index (χ0v) is 18.5. The lowest BCUT2D eigenvalue weighted by atomic mass is 9.82. The van der Waals surface area contributed by atoms with E-state index in [1.165, 1.54) is 5.56 Å². The molecule has 2 aromatic carbocycles. The number of nitrogens with zero attached hydrogens (tertiary/aromatic N) is 3. The molecular formula is C27H24ClN3O. The molecule has 2 unspecified atom stereocenters. The number of hydrogen-bond donors (Lipinski definition) is 0. The van der Waals surface area contributed by atoms with Crippen molar-refractivity contribution in [3.05, 3.63) is 104 Å². The Morgan fingerprint density at radius 2 is 1.88 bits per heavy atom. The highest BCUT2D eigenvalue weighted by Gasteiger charge is 2.34. The Balaban J connectivity index is 1.35. The summed E-state index contributed by atoms with van der Waals surface area (Å²) >= 11 is 5.96. The van der Waals surface area contributed by atoms with Crippen molar-refractivity contribution in [3.8, 4) is 6.07 Å².